The van der Waals surface area contributed by atoms with Crippen LogP contribution in [0.3, 0.4) is 0 Å². The summed E-state index contributed by atoms with van der Waals surface area (Å²) in [6, 6.07) is 12.6. The number of nitrogens with two attached hydrogens (primary N) is 1. The van der Waals surface area contributed by atoms with Crippen LogP contribution in [0.1, 0.15) is 18.0 Å². The Bertz CT molecular complexity index is 702. The van der Waals surface area contributed by atoms with Crippen LogP contribution < -0.4 is 21.1 Å². The zero-order valence-corrected chi connectivity index (χ0v) is 13.8. The Balaban J connectivity index is 2.05. The molecule has 0 saturated carbocycles. The molecule has 3 amide bonds. The predicted molar refractivity (Wildman–Crippen MR) is 93.2 cm³/mol. The van der Waals surface area contributed by atoms with E-state index in [9.17, 15) is 9.59 Å². The number of ether oxygens (including phenoxy) is 1. The van der Waals surface area contributed by atoms with Crippen LogP contribution in [0.2, 0.25) is 5.02 Å². The third kappa shape index (κ3) is 5.17. The number of benzene rings is 2. The van der Waals surface area contributed by atoms with Gasteiger partial charge in [-0.25, -0.2) is 4.79 Å². The molecule has 4 N–H and O–H groups in total. The van der Waals surface area contributed by atoms with Gasteiger partial charge in [0.1, 0.15) is 5.75 Å². The Morgan fingerprint density at radius 3 is 2.29 bits per heavy atom. The summed E-state index contributed by atoms with van der Waals surface area (Å²) in [5.74, 6) is 0.441. The number of carbonyl (C=O) groups is 2. The van der Waals surface area contributed by atoms with E-state index in [0.717, 1.165) is 5.56 Å². The molecule has 0 unspecified atom stereocenters. The maximum absolute atomic E-state index is 12.2. The number of amides is 3. The molecule has 0 fully saturated rings. The van der Waals surface area contributed by atoms with Gasteiger partial charge in [0, 0.05) is 10.7 Å². The summed E-state index contributed by atoms with van der Waals surface area (Å²) in [7, 11) is 1.57. The highest BCUT2D eigenvalue weighted by molar-refractivity contribution is 6.30. The number of anilines is 1. The van der Waals surface area contributed by atoms with Crippen molar-refractivity contribution in [1.29, 1.82) is 0 Å². The van der Waals surface area contributed by atoms with Crippen molar-refractivity contribution in [1.82, 2.24) is 5.32 Å². The quantitative estimate of drug-likeness (QED) is 0.749. The molecule has 0 heterocycles. The Morgan fingerprint density at radius 1 is 1.12 bits per heavy atom. The van der Waals surface area contributed by atoms with E-state index in [1.54, 1.807) is 55.6 Å². The maximum Gasteiger partial charge on any atom is 0.312 e. The molecule has 0 radical (unpaired) electrons. The number of methoxy groups -OCH3 is 1. The molecule has 7 heteroatoms. The third-order valence-corrected chi connectivity index (χ3v) is 3.60. The van der Waals surface area contributed by atoms with E-state index in [4.69, 9.17) is 22.1 Å². The zero-order chi connectivity index (χ0) is 17.5. The Kier molecular flexibility index (Phi) is 6.03. The van der Waals surface area contributed by atoms with E-state index in [1.165, 1.54) is 0 Å². The van der Waals surface area contributed by atoms with Crippen LogP contribution in [-0.4, -0.2) is 19.0 Å². The lowest BCUT2D eigenvalue weighted by molar-refractivity contribution is -0.116. The number of primary amides is 1. The third-order valence-electron chi connectivity index (χ3n) is 3.35. The summed E-state index contributed by atoms with van der Waals surface area (Å²) >= 11 is 5.86. The molecule has 2 aromatic rings. The van der Waals surface area contributed by atoms with Gasteiger partial charge in [-0.3, -0.25) is 4.79 Å². The van der Waals surface area contributed by atoms with Crippen LogP contribution in [0.25, 0.3) is 0 Å². The summed E-state index contributed by atoms with van der Waals surface area (Å²) in [6.45, 7) is 0. The molecule has 0 aliphatic carbocycles. The average Bonchev–Trinajstić information content (AvgIpc) is 2.55. The summed E-state index contributed by atoms with van der Waals surface area (Å²) in [6.07, 6.45) is 0.0383. The van der Waals surface area contributed by atoms with Gasteiger partial charge in [-0.05, 0) is 42.0 Å². The normalized spacial score (nSPS) is 11.4. The lowest BCUT2D eigenvalue weighted by Crippen LogP contribution is -2.35. The van der Waals surface area contributed by atoms with Gasteiger partial charge in [0.25, 0.3) is 0 Å². The molecule has 0 aromatic heterocycles. The standard InChI is InChI=1S/C17H18ClN3O3/c1-24-14-8-6-13(7-9-14)20-16(22)10-15(21-17(19)23)11-2-4-12(18)5-3-11/h2-9,15H,10H2,1H3,(H,20,22)(H3,19,21,23)/t15-/m1/s1. The van der Waals surface area contributed by atoms with Crippen molar-refractivity contribution in [2.45, 2.75) is 12.5 Å². The number of rotatable bonds is 6. The van der Waals surface area contributed by atoms with Gasteiger partial charge in [0.15, 0.2) is 0 Å². The summed E-state index contributed by atoms with van der Waals surface area (Å²) in [4.78, 5) is 23.4. The van der Waals surface area contributed by atoms with E-state index < -0.39 is 12.1 Å². The lowest BCUT2D eigenvalue weighted by Gasteiger charge is -2.18. The molecule has 126 valence electrons. The fourth-order valence-corrected chi connectivity index (χ4v) is 2.32. The minimum atomic E-state index is -0.702. The van der Waals surface area contributed by atoms with E-state index in [0.29, 0.717) is 16.5 Å². The molecule has 6 nitrogen and oxygen atoms in total. The maximum atomic E-state index is 12.2. The van der Waals surface area contributed by atoms with Crippen molar-refractivity contribution in [2.75, 3.05) is 12.4 Å². The van der Waals surface area contributed by atoms with Gasteiger partial charge in [-0.15, -0.1) is 0 Å². The molecule has 1 atom stereocenters. The second kappa shape index (κ2) is 8.21. The minimum absolute atomic E-state index is 0.0383. The van der Waals surface area contributed by atoms with Crippen LogP contribution in [-0.2, 0) is 4.79 Å². The molecule has 0 saturated heterocycles. The highest BCUT2D eigenvalue weighted by Crippen LogP contribution is 2.21. The minimum Gasteiger partial charge on any atom is -0.497 e. The topological polar surface area (TPSA) is 93.4 Å². The molecule has 0 aliphatic heterocycles. The molecule has 2 aromatic carbocycles. The molecule has 0 aliphatic rings. The zero-order valence-electron chi connectivity index (χ0n) is 13.1. The second-order valence-corrected chi connectivity index (χ2v) is 5.53. The summed E-state index contributed by atoms with van der Waals surface area (Å²) in [5, 5.41) is 5.90. The first kappa shape index (κ1) is 17.6. The number of carbonyl (C=O) groups excluding carboxylic acids is 2. The number of nitrogens with one attached hydrogen (secondary N) is 2. The number of urea groups is 1. The van der Waals surface area contributed by atoms with Crippen molar-refractivity contribution >= 4 is 29.2 Å². The smallest absolute Gasteiger partial charge is 0.312 e. The first-order chi connectivity index (χ1) is 11.5. The highest BCUT2D eigenvalue weighted by atomic mass is 35.5. The van der Waals surface area contributed by atoms with Gasteiger partial charge in [-0.2, -0.15) is 0 Å². The fourth-order valence-electron chi connectivity index (χ4n) is 2.19. The van der Waals surface area contributed by atoms with Gasteiger partial charge < -0.3 is 21.1 Å². The van der Waals surface area contributed by atoms with Gasteiger partial charge in [-0.1, -0.05) is 23.7 Å². The van der Waals surface area contributed by atoms with Crippen LogP contribution in [0.5, 0.6) is 5.75 Å². The molecular weight excluding hydrogens is 330 g/mol. The molecule has 24 heavy (non-hydrogen) atoms. The number of hydrogen-bond acceptors (Lipinski definition) is 3. The first-order valence-corrected chi connectivity index (χ1v) is 7.61. The molecule has 0 bridgehead atoms. The van der Waals surface area contributed by atoms with E-state index in [2.05, 4.69) is 10.6 Å². The van der Waals surface area contributed by atoms with Gasteiger partial charge in [0.05, 0.1) is 19.6 Å². The van der Waals surface area contributed by atoms with Gasteiger partial charge in [0.2, 0.25) is 5.91 Å². The van der Waals surface area contributed by atoms with Crippen LogP contribution in [0, 0.1) is 0 Å². The monoisotopic (exact) mass is 347 g/mol. The molecular formula is C17H18ClN3O3. The summed E-state index contributed by atoms with van der Waals surface area (Å²) < 4.78 is 5.07. The predicted octanol–water partition coefficient (Wildman–Crippen LogP) is 3.09. The average molecular weight is 348 g/mol. The lowest BCUT2D eigenvalue weighted by atomic mass is 10.0. The van der Waals surface area contributed by atoms with Crippen molar-refractivity contribution in [3.8, 4) is 5.75 Å². The van der Waals surface area contributed by atoms with Crippen molar-refractivity contribution in [3.05, 3.63) is 59.1 Å². The fraction of sp³-hybridized carbons (Fsp3) is 0.176. The van der Waals surface area contributed by atoms with Crippen LogP contribution in [0.15, 0.2) is 48.5 Å². The SMILES string of the molecule is COc1ccc(NC(=O)C[C@@H](NC(N)=O)c2ccc(Cl)cc2)cc1. The second-order valence-electron chi connectivity index (χ2n) is 5.09. The van der Waals surface area contributed by atoms with Crippen molar-refractivity contribution < 1.29 is 14.3 Å². The van der Waals surface area contributed by atoms with E-state index in [1.807, 2.05) is 0 Å². The number of halogens is 1. The number of hydrogen-bond donors (Lipinski definition) is 3. The van der Waals surface area contributed by atoms with Crippen LogP contribution >= 0.6 is 11.6 Å². The highest BCUT2D eigenvalue weighted by Gasteiger charge is 2.17. The molecule has 2 rings (SSSR count). The Hall–Kier alpha value is -2.73. The largest absolute Gasteiger partial charge is 0.497 e. The summed E-state index contributed by atoms with van der Waals surface area (Å²) in [5.41, 5.74) is 6.57. The van der Waals surface area contributed by atoms with Gasteiger partial charge >= 0.3 is 6.03 Å². The van der Waals surface area contributed by atoms with E-state index >= 15 is 0 Å². The first-order valence-electron chi connectivity index (χ1n) is 7.23. The Labute approximate surface area is 144 Å². The van der Waals surface area contributed by atoms with Crippen LogP contribution in [0.4, 0.5) is 10.5 Å². The van der Waals surface area contributed by atoms with Crippen molar-refractivity contribution in [3.63, 3.8) is 0 Å². The van der Waals surface area contributed by atoms with Crippen molar-refractivity contribution in [2.24, 2.45) is 5.73 Å². The van der Waals surface area contributed by atoms with E-state index in [-0.39, 0.29) is 12.3 Å². The molecule has 0 spiro atoms. The Morgan fingerprint density at radius 2 is 1.75 bits per heavy atom.